The topological polar surface area (TPSA) is 84.5 Å². The Morgan fingerprint density at radius 2 is 1.50 bits per heavy atom. The fourth-order valence-corrected chi connectivity index (χ4v) is 4.37. The second kappa shape index (κ2) is 8.59. The molecule has 0 aliphatic carbocycles. The number of benzene rings is 3. The van der Waals surface area contributed by atoms with Crippen molar-refractivity contribution >= 4 is 27.3 Å². The van der Waals surface area contributed by atoms with Gasteiger partial charge in [-0.25, -0.2) is 8.42 Å². The highest BCUT2D eigenvalue weighted by molar-refractivity contribution is 7.92. The number of sulfonamides is 1. The fourth-order valence-electron chi connectivity index (χ4n) is 3.14. The van der Waals surface area contributed by atoms with Gasteiger partial charge in [-0.1, -0.05) is 36.4 Å². The highest BCUT2D eigenvalue weighted by atomic mass is 32.2. The Morgan fingerprint density at radius 1 is 0.867 bits per heavy atom. The average molecular weight is 425 g/mol. The maximum absolute atomic E-state index is 13.0. The molecule has 0 bridgehead atoms. The van der Waals surface area contributed by atoms with Gasteiger partial charge in [0, 0.05) is 5.56 Å². The monoisotopic (exact) mass is 424 g/mol. The summed E-state index contributed by atoms with van der Waals surface area (Å²) < 4.78 is 34.0. The molecule has 3 aromatic rings. The molecule has 0 saturated heterocycles. The number of amides is 1. The molecule has 0 aromatic heterocycles. The summed E-state index contributed by atoms with van der Waals surface area (Å²) in [5.74, 6) is 0.0200. The first-order chi connectivity index (χ1) is 14.2. The number of carbonyl (C=O) groups is 1. The Bertz CT molecular complexity index is 1180. The Kier molecular flexibility index (Phi) is 6.12. The molecule has 0 heterocycles. The van der Waals surface area contributed by atoms with Crippen molar-refractivity contribution in [1.82, 2.24) is 0 Å². The Balaban J connectivity index is 1.96. The molecule has 2 N–H and O–H groups in total. The van der Waals surface area contributed by atoms with E-state index in [0.717, 1.165) is 16.7 Å². The summed E-state index contributed by atoms with van der Waals surface area (Å²) in [5.41, 5.74) is 3.77. The minimum atomic E-state index is -3.87. The number of nitrogens with one attached hydrogen (secondary N) is 2. The summed E-state index contributed by atoms with van der Waals surface area (Å²) in [6.45, 7) is 5.51. The average Bonchev–Trinajstić information content (AvgIpc) is 2.71. The van der Waals surface area contributed by atoms with Gasteiger partial charge in [-0.05, 0) is 61.7 Å². The predicted molar refractivity (Wildman–Crippen MR) is 119 cm³/mol. The van der Waals surface area contributed by atoms with Crippen molar-refractivity contribution in [3.05, 3.63) is 82.9 Å². The summed E-state index contributed by atoms with van der Waals surface area (Å²) in [6, 6.07) is 17.1. The van der Waals surface area contributed by atoms with Crippen LogP contribution in [0.3, 0.4) is 0 Å². The SMILES string of the molecule is COc1ccc(S(=O)(=O)Nc2c(C)cccc2C)cc1NC(=O)c1ccccc1C. The van der Waals surface area contributed by atoms with E-state index in [1.54, 1.807) is 12.1 Å². The number of hydrogen-bond acceptors (Lipinski definition) is 4. The third-order valence-corrected chi connectivity index (χ3v) is 6.18. The number of methoxy groups -OCH3 is 1. The molecule has 1 amide bonds. The number of carbonyl (C=O) groups excluding carboxylic acids is 1. The van der Waals surface area contributed by atoms with Crippen molar-refractivity contribution in [2.75, 3.05) is 17.1 Å². The summed E-state index contributed by atoms with van der Waals surface area (Å²) >= 11 is 0. The number of ether oxygens (including phenoxy) is 1. The number of rotatable bonds is 6. The number of aryl methyl sites for hydroxylation is 3. The molecule has 0 atom stereocenters. The molecule has 0 fully saturated rings. The first-order valence-corrected chi connectivity index (χ1v) is 10.9. The van der Waals surface area contributed by atoms with Crippen LogP contribution in [0.2, 0.25) is 0 Å². The van der Waals surface area contributed by atoms with E-state index in [-0.39, 0.29) is 16.5 Å². The van der Waals surface area contributed by atoms with Crippen LogP contribution < -0.4 is 14.8 Å². The van der Waals surface area contributed by atoms with Crippen LogP contribution in [-0.4, -0.2) is 21.4 Å². The molecule has 0 aliphatic heterocycles. The van der Waals surface area contributed by atoms with Crippen molar-refractivity contribution in [1.29, 1.82) is 0 Å². The smallest absolute Gasteiger partial charge is 0.261 e. The molecular weight excluding hydrogens is 400 g/mol. The van der Waals surface area contributed by atoms with Crippen molar-refractivity contribution in [2.45, 2.75) is 25.7 Å². The van der Waals surface area contributed by atoms with Gasteiger partial charge in [-0.15, -0.1) is 0 Å². The van der Waals surface area contributed by atoms with Crippen LogP contribution in [0.25, 0.3) is 0 Å². The summed E-state index contributed by atoms with van der Waals surface area (Å²) in [5, 5.41) is 2.76. The summed E-state index contributed by atoms with van der Waals surface area (Å²) in [4.78, 5) is 12.7. The Labute approximate surface area is 177 Å². The normalized spacial score (nSPS) is 11.1. The standard InChI is InChI=1S/C23H24N2O4S/c1-15-8-5-6-11-19(15)23(26)24-20-14-18(12-13-21(20)29-4)30(27,28)25-22-16(2)9-7-10-17(22)3/h5-14,25H,1-4H3,(H,24,26). The summed E-state index contributed by atoms with van der Waals surface area (Å²) in [6.07, 6.45) is 0. The molecule has 3 rings (SSSR count). The van der Waals surface area contributed by atoms with E-state index in [9.17, 15) is 13.2 Å². The zero-order valence-corrected chi connectivity index (χ0v) is 18.1. The van der Waals surface area contributed by atoms with E-state index in [1.807, 2.05) is 51.1 Å². The van der Waals surface area contributed by atoms with Crippen LogP contribution in [0.15, 0.2) is 65.6 Å². The highest BCUT2D eigenvalue weighted by Gasteiger charge is 2.20. The van der Waals surface area contributed by atoms with Crippen molar-refractivity contribution in [2.24, 2.45) is 0 Å². The quantitative estimate of drug-likeness (QED) is 0.602. The van der Waals surface area contributed by atoms with Crippen LogP contribution in [0.4, 0.5) is 11.4 Å². The second-order valence-corrected chi connectivity index (χ2v) is 8.69. The zero-order valence-electron chi connectivity index (χ0n) is 17.3. The third kappa shape index (κ3) is 4.46. The van der Waals surface area contributed by atoms with E-state index >= 15 is 0 Å². The van der Waals surface area contributed by atoms with Crippen LogP contribution >= 0.6 is 0 Å². The van der Waals surface area contributed by atoms with Crippen LogP contribution in [0.5, 0.6) is 5.75 Å². The van der Waals surface area contributed by atoms with Gasteiger partial charge < -0.3 is 10.1 Å². The first-order valence-electron chi connectivity index (χ1n) is 9.37. The molecule has 0 aliphatic rings. The van der Waals surface area contributed by atoms with Crippen LogP contribution in [0, 0.1) is 20.8 Å². The zero-order chi connectivity index (χ0) is 21.9. The molecule has 6 nitrogen and oxygen atoms in total. The van der Waals surface area contributed by atoms with Gasteiger partial charge in [-0.2, -0.15) is 0 Å². The lowest BCUT2D eigenvalue weighted by Crippen LogP contribution is -2.17. The van der Waals surface area contributed by atoms with Gasteiger partial charge in [0.05, 0.1) is 23.4 Å². The molecule has 0 saturated carbocycles. The van der Waals surface area contributed by atoms with E-state index in [2.05, 4.69) is 10.0 Å². The lowest BCUT2D eigenvalue weighted by Gasteiger charge is -2.16. The van der Waals surface area contributed by atoms with Crippen molar-refractivity contribution in [3.8, 4) is 5.75 Å². The molecule has 156 valence electrons. The molecule has 7 heteroatoms. The first kappa shape index (κ1) is 21.4. The molecular formula is C23H24N2O4S. The maximum Gasteiger partial charge on any atom is 0.261 e. The Hall–Kier alpha value is -3.32. The minimum Gasteiger partial charge on any atom is -0.495 e. The molecule has 0 radical (unpaired) electrons. The molecule has 0 unspecified atom stereocenters. The number of para-hydroxylation sites is 1. The highest BCUT2D eigenvalue weighted by Crippen LogP contribution is 2.30. The van der Waals surface area contributed by atoms with E-state index in [1.165, 1.54) is 25.3 Å². The molecule has 0 spiro atoms. The lowest BCUT2D eigenvalue weighted by atomic mass is 10.1. The molecule has 3 aromatic carbocycles. The van der Waals surface area contributed by atoms with Gasteiger partial charge in [0.2, 0.25) is 0 Å². The van der Waals surface area contributed by atoms with Crippen LogP contribution in [0.1, 0.15) is 27.0 Å². The largest absolute Gasteiger partial charge is 0.495 e. The van der Waals surface area contributed by atoms with E-state index in [4.69, 9.17) is 4.74 Å². The summed E-state index contributed by atoms with van der Waals surface area (Å²) in [7, 11) is -2.41. The Morgan fingerprint density at radius 3 is 2.13 bits per heavy atom. The van der Waals surface area contributed by atoms with Crippen molar-refractivity contribution in [3.63, 3.8) is 0 Å². The van der Waals surface area contributed by atoms with Gasteiger partial charge >= 0.3 is 0 Å². The maximum atomic E-state index is 13.0. The number of anilines is 2. The lowest BCUT2D eigenvalue weighted by molar-refractivity contribution is 0.102. The van der Waals surface area contributed by atoms with E-state index < -0.39 is 10.0 Å². The van der Waals surface area contributed by atoms with Crippen molar-refractivity contribution < 1.29 is 17.9 Å². The fraction of sp³-hybridized carbons (Fsp3) is 0.174. The third-order valence-electron chi connectivity index (χ3n) is 4.84. The van der Waals surface area contributed by atoms with Gasteiger partial charge in [0.15, 0.2) is 0 Å². The van der Waals surface area contributed by atoms with Gasteiger partial charge in [-0.3, -0.25) is 9.52 Å². The van der Waals surface area contributed by atoms with E-state index in [0.29, 0.717) is 17.0 Å². The predicted octanol–water partition coefficient (Wildman–Crippen LogP) is 4.67. The van der Waals surface area contributed by atoms with Gasteiger partial charge in [0.1, 0.15) is 5.75 Å². The molecule has 30 heavy (non-hydrogen) atoms. The second-order valence-electron chi connectivity index (χ2n) is 7.00. The minimum absolute atomic E-state index is 0.0195. The van der Waals surface area contributed by atoms with Crippen LogP contribution in [-0.2, 0) is 10.0 Å². The number of hydrogen-bond donors (Lipinski definition) is 2. The van der Waals surface area contributed by atoms with Gasteiger partial charge in [0.25, 0.3) is 15.9 Å².